The van der Waals surface area contributed by atoms with Gasteiger partial charge >= 0.3 is 5.97 Å². The van der Waals surface area contributed by atoms with Crippen molar-refractivity contribution in [3.8, 4) is 0 Å². The quantitative estimate of drug-likeness (QED) is 0.579. The van der Waals surface area contributed by atoms with Crippen molar-refractivity contribution in [1.82, 2.24) is 0 Å². The van der Waals surface area contributed by atoms with E-state index in [1.807, 2.05) is 0 Å². The van der Waals surface area contributed by atoms with Crippen molar-refractivity contribution >= 4 is 33.3 Å². The monoisotopic (exact) mass is 244 g/mol. The van der Waals surface area contributed by atoms with Gasteiger partial charge in [-0.05, 0) is 28.1 Å². The molecule has 4 nitrogen and oxygen atoms in total. The van der Waals surface area contributed by atoms with Gasteiger partial charge < -0.3 is 16.2 Å². The predicted molar refractivity (Wildman–Crippen MR) is 54.3 cm³/mol. The second kappa shape index (κ2) is 3.66. The maximum atomic E-state index is 11.2. The maximum absolute atomic E-state index is 11.2. The van der Waals surface area contributed by atoms with Gasteiger partial charge in [0, 0.05) is 11.4 Å². The number of halogens is 1. The first kappa shape index (κ1) is 9.85. The van der Waals surface area contributed by atoms with Crippen LogP contribution >= 0.6 is 15.9 Å². The van der Waals surface area contributed by atoms with Gasteiger partial charge in [0.1, 0.15) is 0 Å². The highest BCUT2D eigenvalue weighted by molar-refractivity contribution is 9.10. The average molecular weight is 245 g/mol. The molecule has 0 fully saturated rings. The summed E-state index contributed by atoms with van der Waals surface area (Å²) in [4.78, 5) is 11.2. The van der Waals surface area contributed by atoms with E-state index in [1.165, 1.54) is 7.11 Å². The van der Waals surface area contributed by atoms with Crippen LogP contribution in [-0.2, 0) is 4.74 Å². The van der Waals surface area contributed by atoms with Crippen LogP contribution in [0.4, 0.5) is 11.4 Å². The van der Waals surface area contributed by atoms with Crippen LogP contribution in [0.3, 0.4) is 0 Å². The first-order valence-corrected chi connectivity index (χ1v) is 4.29. The zero-order chi connectivity index (χ0) is 10.0. The topological polar surface area (TPSA) is 78.3 Å². The molecule has 0 aromatic heterocycles. The zero-order valence-electron chi connectivity index (χ0n) is 7.00. The van der Waals surface area contributed by atoms with Gasteiger partial charge in [-0.2, -0.15) is 0 Å². The fourth-order valence-corrected chi connectivity index (χ4v) is 1.44. The fourth-order valence-electron chi connectivity index (χ4n) is 0.917. The van der Waals surface area contributed by atoms with Crippen molar-refractivity contribution in [3.63, 3.8) is 0 Å². The number of methoxy groups -OCH3 is 1. The molecular weight excluding hydrogens is 236 g/mol. The molecule has 0 radical (unpaired) electrons. The van der Waals surface area contributed by atoms with Crippen molar-refractivity contribution in [2.45, 2.75) is 0 Å². The van der Waals surface area contributed by atoms with E-state index in [1.54, 1.807) is 12.1 Å². The Hall–Kier alpha value is -1.23. The highest BCUT2D eigenvalue weighted by Gasteiger charge is 2.15. The summed E-state index contributed by atoms with van der Waals surface area (Å²) in [5.74, 6) is -0.503. The minimum absolute atomic E-state index is 0.266. The molecule has 0 aliphatic carbocycles. The minimum atomic E-state index is -0.503. The molecule has 0 unspecified atom stereocenters. The normalized spacial score (nSPS) is 9.69. The van der Waals surface area contributed by atoms with E-state index in [4.69, 9.17) is 11.5 Å². The lowest BCUT2D eigenvalue weighted by Crippen LogP contribution is -2.08. The molecule has 1 aromatic rings. The van der Waals surface area contributed by atoms with Crippen molar-refractivity contribution in [3.05, 3.63) is 22.2 Å². The summed E-state index contributed by atoms with van der Waals surface area (Å²) in [6.07, 6.45) is 0. The molecule has 0 bridgehead atoms. The molecule has 0 aliphatic rings. The summed E-state index contributed by atoms with van der Waals surface area (Å²) in [5, 5.41) is 0. The largest absolute Gasteiger partial charge is 0.465 e. The van der Waals surface area contributed by atoms with Gasteiger partial charge in [-0.3, -0.25) is 0 Å². The molecule has 0 amide bonds. The zero-order valence-corrected chi connectivity index (χ0v) is 8.59. The molecular formula is C8H9BrN2O2. The molecule has 1 rings (SSSR count). The first-order valence-electron chi connectivity index (χ1n) is 3.49. The summed E-state index contributed by atoms with van der Waals surface area (Å²) < 4.78 is 5.02. The number of anilines is 2. The second-order valence-corrected chi connectivity index (χ2v) is 3.22. The molecule has 70 valence electrons. The van der Waals surface area contributed by atoms with E-state index in [0.29, 0.717) is 15.8 Å². The summed E-state index contributed by atoms with van der Waals surface area (Å²) in [6.45, 7) is 0. The Kier molecular flexibility index (Phi) is 2.77. The highest BCUT2D eigenvalue weighted by atomic mass is 79.9. The summed E-state index contributed by atoms with van der Waals surface area (Å²) >= 11 is 3.17. The Balaban J connectivity index is 3.33. The number of carbonyl (C=O) groups excluding carboxylic acids is 1. The lowest BCUT2D eigenvalue weighted by Gasteiger charge is -2.07. The smallest absolute Gasteiger partial charge is 0.341 e. The van der Waals surface area contributed by atoms with Gasteiger partial charge in [0.15, 0.2) is 0 Å². The standard InChI is InChI=1S/C8H9BrN2O2/c1-13-8(12)6-4(10)2-3-5(11)7(6)9/h2-3H,10-11H2,1H3. The third-order valence-corrected chi connectivity index (χ3v) is 2.45. The fraction of sp³-hybridized carbons (Fsp3) is 0.125. The Morgan fingerprint density at radius 1 is 1.38 bits per heavy atom. The Labute approximate surface area is 84.0 Å². The number of hydrogen-bond acceptors (Lipinski definition) is 4. The number of esters is 1. The number of hydrogen-bond donors (Lipinski definition) is 2. The van der Waals surface area contributed by atoms with E-state index in [9.17, 15) is 4.79 Å². The third kappa shape index (κ3) is 1.75. The molecule has 1 aromatic carbocycles. The van der Waals surface area contributed by atoms with Crippen molar-refractivity contribution in [2.75, 3.05) is 18.6 Å². The molecule has 0 saturated heterocycles. The number of nitrogens with two attached hydrogens (primary N) is 2. The number of ether oxygens (including phenoxy) is 1. The molecule has 0 aliphatic heterocycles. The van der Waals surface area contributed by atoms with E-state index >= 15 is 0 Å². The van der Waals surface area contributed by atoms with Crippen LogP contribution in [0.25, 0.3) is 0 Å². The average Bonchev–Trinajstić information content (AvgIpc) is 2.12. The van der Waals surface area contributed by atoms with E-state index in [0.717, 1.165) is 0 Å². The highest BCUT2D eigenvalue weighted by Crippen LogP contribution is 2.29. The second-order valence-electron chi connectivity index (χ2n) is 2.42. The number of carbonyl (C=O) groups is 1. The van der Waals surface area contributed by atoms with Crippen LogP contribution in [0.1, 0.15) is 10.4 Å². The van der Waals surface area contributed by atoms with Gasteiger partial charge in [0.2, 0.25) is 0 Å². The number of nitrogen functional groups attached to an aromatic ring is 2. The molecule has 0 heterocycles. The van der Waals surface area contributed by atoms with Crippen LogP contribution in [0.5, 0.6) is 0 Å². The van der Waals surface area contributed by atoms with Gasteiger partial charge in [0.25, 0.3) is 0 Å². The van der Waals surface area contributed by atoms with Crippen LogP contribution in [-0.4, -0.2) is 13.1 Å². The van der Waals surface area contributed by atoms with Crippen molar-refractivity contribution in [2.24, 2.45) is 0 Å². The van der Waals surface area contributed by atoms with Crippen LogP contribution in [0.15, 0.2) is 16.6 Å². The van der Waals surface area contributed by atoms with E-state index in [-0.39, 0.29) is 5.56 Å². The van der Waals surface area contributed by atoms with Gasteiger partial charge in [-0.1, -0.05) is 0 Å². The molecule has 4 N–H and O–H groups in total. The van der Waals surface area contributed by atoms with E-state index in [2.05, 4.69) is 20.7 Å². The van der Waals surface area contributed by atoms with Gasteiger partial charge in [0.05, 0.1) is 17.1 Å². The van der Waals surface area contributed by atoms with E-state index < -0.39 is 5.97 Å². The first-order chi connectivity index (χ1) is 6.07. The van der Waals surface area contributed by atoms with Crippen LogP contribution in [0.2, 0.25) is 0 Å². The van der Waals surface area contributed by atoms with Gasteiger partial charge in [-0.15, -0.1) is 0 Å². The summed E-state index contributed by atoms with van der Waals surface area (Å²) in [6, 6.07) is 3.18. The Bertz CT molecular complexity index is 352. The van der Waals surface area contributed by atoms with Crippen LogP contribution < -0.4 is 11.5 Å². The molecule has 0 atom stereocenters. The van der Waals surface area contributed by atoms with Crippen LogP contribution in [0, 0.1) is 0 Å². The molecule has 0 spiro atoms. The molecule has 0 saturated carbocycles. The van der Waals surface area contributed by atoms with Gasteiger partial charge in [-0.25, -0.2) is 4.79 Å². The third-order valence-electron chi connectivity index (χ3n) is 1.59. The number of benzene rings is 1. The minimum Gasteiger partial charge on any atom is -0.465 e. The SMILES string of the molecule is COC(=O)c1c(N)ccc(N)c1Br. The predicted octanol–water partition coefficient (Wildman–Crippen LogP) is 1.40. The summed E-state index contributed by atoms with van der Waals surface area (Å²) in [7, 11) is 1.29. The lowest BCUT2D eigenvalue weighted by molar-refractivity contribution is 0.0601. The number of rotatable bonds is 1. The Morgan fingerprint density at radius 2 is 1.92 bits per heavy atom. The Morgan fingerprint density at radius 3 is 2.46 bits per heavy atom. The molecule has 5 heteroatoms. The lowest BCUT2D eigenvalue weighted by atomic mass is 10.1. The molecule has 13 heavy (non-hydrogen) atoms. The van der Waals surface area contributed by atoms with Crippen molar-refractivity contribution < 1.29 is 9.53 Å². The van der Waals surface area contributed by atoms with Crippen molar-refractivity contribution in [1.29, 1.82) is 0 Å². The maximum Gasteiger partial charge on any atom is 0.341 e. The summed E-state index contributed by atoms with van der Waals surface area (Å²) in [5.41, 5.74) is 12.2.